The van der Waals surface area contributed by atoms with Gasteiger partial charge in [-0.1, -0.05) is 0 Å². The van der Waals surface area contributed by atoms with Crippen LogP contribution in [-0.2, 0) is 21.9 Å². The van der Waals surface area contributed by atoms with Crippen LogP contribution >= 0.6 is 0 Å². The van der Waals surface area contributed by atoms with Crippen LogP contribution in [0.5, 0.6) is 0 Å². The van der Waals surface area contributed by atoms with Crippen LogP contribution in [0.4, 0.5) is 32.0 Å². The minimum absolute atomic E-state index is 0.00278. The highest BCUT2D eigenvalue weighted by Crippen LogP contribution is 2.38. The van der Waals surface area contributed by atoms with E-state index >= 15 is 0 Å². The first kappa shape index (κ1) is 19.5. The number of benzene rings is 1. The van der Waals surface area contributed by atoms with Gasteiger partial charge in [-0.25, -0.2) is 0 Å². The van der Waals surface area contributed by atoms with E-state index in [0.29, 0.717) is 12.1 Å². The lowest BCUT2D eigenvalue weighted by Gasteiger charge is -2.34. The molecule has 0 unspecified atom stereocenters. The van der Waals surface area contributed by atoms with E-state index < -0.39 is 40.5 Å². The van der Waals surface area contributed by atoms with E-state index in [0.717, 1.165) is 0 Å². The molecule has 1 aromatic rings. The van der Waals surface area contributed by atoms with Gasteiger partial charge < -0.3 is 15.8 Å². The van der Waals surface area contributed by atoms with Crippen LogP contribution in [0.25, 0.3) is 0 Å². The number of hydrogen-bond acceptors (Lipinski definition) is 3. The number of hydrogen-bond donors (Lipinski definition) is 2. The summed E-state index contributed by atoms with van der Waals surface area (Å²) in [5.41, 5.74) is 0.971. The summed E-state index contributed by atoms with van der Waals surface area (Å²) in [6.45, 7) is 0.384. The predicted molar refractivity (Wildman–Crippen MR) is 76.6 cm³/mol. The number of rotatable bonds is 3. The number of ether oxygens (including phenoxy) is 1. The van der Waals surface area contributed by atoms with Crippen molar-refractivity contribution in [2.24, 2.45) is 11.1 Å². The molecule has 1 aliphatic heterocycles. The normalized spacial score (nSPS) is 18.0. The van der Waals surface area contributed by atoms with Crippen molar-refractivity contribution in [3.63, 3.8) is 0 Å². The second-order valence-electron chi connectivity index (χ2n) is 5.85. The Labute approximate surface area is 139 Å². The highest BCUT2D eigenvalue weighted by atomic mass is 19.4. The first-order chi connectivity index (χ1) is 11.5. The molecule has 1 amide bonds. The Balaban J connectivity index is 2.36. The molecule has 4 nitrogen and oxygen atoms in total. The summed E-state index contributed by atoms with van der Waals surface area (Å²) in [5, 5.41) is 2.15. The number of anilines is 1. The van der Waals surface area contributed by atoms with Gasteiger partial charge in [0.05, 0.1) is 16.5 Å². The zero-order chi connectivity index (χ0) is 18.9. The molecule has 0 radical (unpaired) electrons. The van der Waals surface area contributed by atoms with E-state index in [2.05, 4.69) is 5.32 Å². The van der Waals surface area contributed by atoms with Gasteiger partial charge in [0.2, 0.25) is 5.91 Å². The molecule has 1 aromatic carbocycles. The number of nitrogens with two attached hydrogens (primary N) is 1. The van der Waals surface area contributed by atoms with Crippen molar-refractivity contribution < 1.29 is 35.9 Å². The van der Waals surface area contributed by atoms with Gasteiger partial charge in [-0.2, -0.15) is 26.3 Å². The predicted octanol–water partition coefficient (Wildman–Crippen LogP) is 3.42. The third kappa shape index (κ3) is 4.43. The summed E-state index contributed by atoms with van der Waals surface area (Å²) in [6, 6.07) is 0.941. The summed E-state index contributed by atoms with van der Waals surface area (Å²) in [5.74, 6) is -0.717. The van der Waals surface area contributed by atoms with Crippen molar-refractivity contribution in [1.82, 2.24) is 0 Å². The SMILES string of the molecule is NCC1(C(=O)Nc2cc(C(F)(F)F)cc(C(F)(F)F)c2)CCOCC1. The zero-order valence-corrected chi connectivity index (χ0v) is 12.9. The largest absolute Gasteiger partial charge is 0.416 e. The van der Waals surface area contributed by atoms with Gasteiger partial charge in [-0.3, -0.25) is 4.79 Å². The maximum Gasteiger partial charge on any atom is 0.416 e. The van der Waals surface area contributed by atoms with Crippen LogP contribution in [0.1, 0.15) is 24.0 Å². The molecule has 0 atom stereocenters. The average molecular weight is 370 g/mol. The van der Waals surface area contributed by atoms with Gasteiger partial charge in [0, 0.05) is 25.4 Å². The zero-order valence-electron chi connectivity index (χ0n) is 12.9. The molecule has 140 valence electrons. The third-order valence-corrected chi connectivity index (χ3v) is 4.17. The standard InChI is InChI=1S/C15H16F6N2O2/c16-14(17,18)9-5-10(15(19,20)21)7-11(6-9)23-12(24)13(8-22)1-3-25-4-2-13/h5-7H,1-4,8,22H2,(H,23,24). The van der Waals surface area contributed by atoms with Crippen molar-refractivity contribution >= 4 is 11.6 Å². The number of carbonyl (C=O) groups is 1. The molecule has 0 aromatic heterocycles. The third-order valence-electron chi connectivity index (χ3n) is 4.17. The fourth-order valence-electron chi connectivity index (χ4n) is 2.58. The molecule has 0 saturated carbocycles. The van der Waals surface area contributed by atoms with Crippen molar-refractivity contribution in [2.45, 2.75) is 25.2 Å². The van der Waals surface area contributed by atoms with Gasteiger partial charge in [0.15, 0.2) is 0 Å². The smallest absolute Gasteiger partial charge is 0.381 e. The molecule has 0 spiro atoms. The van der Waals surface area contributed by atoms with E-state index in [4.69, 9.17) is 10.5 Å². The lowest BCUT2D eigenvalue weighted by Crippen LogP contribution is -2.46. The second-order valence-corrected chi connectivity index (χ2v) is 5.85. The van der Waals surface area contributed by atoms with Crippen molar-refractivity contribution in [2.75, 3.05) is 25.1 Å². The molecule has 3 N–H and O–H groups in total. The van der Waals surface area contributed by atoms with E-state index in [1.165, 1.54) is 0 Å². The summed E-state index contributed by atoms with van der Waals surface area (Å²) < 4.78 is 82.2. The lowest BCUT2D eigenvalue weighted by molar-refractivity contribution is -0.143. The lowest BCUT2D eigenvalue weighted by atomic mass is 9.79. The Bertz CT molecular complexity index is 604. The summed E-state index contributed by atoms with van der Waals surface area (Å²) in [6.07, 6.45) is -9.49. The molecular formula is C15H16F6N2O2. The molecule has 0 aliphatic carbocycles. The summed E-state index contributed by atoms with van der Waals surface area (Å²) >= 11 is 0. The fraction of sp³-hybridized carbons (Fsp3) is 0.533. The number of halogens is 6. The number of nitrogens with one attached hydrogen (secondary N) is 1. The van der Waals surface area contributed by atoms with E-state index in [1.54, 1.807) is 0 Å². The van der Waals surface area contributed by atoms with Gasteiger partial charge in [0.25, 0.3) is 0 Å². The molecule has 25 heavy (non-hydrogen) atoms. The van der Waals surface area contributed by atoms with Crippen LogP contribution in [0.3, 0.4) is 0 Å². The van der Waals surface area contributed by atoms with Crippen molar-refractivity contribution in [1.29, 1.82) is 0 Å². The van der Waals surface area contributed by atoms with E-state index in [9.17, 15) is 31.1 Å². The molecule has 1 heterocycles. The first-order valence-electron chi connectivity index (χ1n) is 7.37. The minimum atomic E-state index is -4.98. The Morgan fingerprint density at radius 3 is 1.92 bits per heavy atom. The van der Waals surface area contributed by atoms with Crippen molar-refractivity contribution in [3.05, 3.63) is 29.3 Å². The van der Waals surface area contributed by atoms with Crippen LogP contribution < -0.4 is 11.1 Å². The first-order valence-corrected chi connectivity index (χ1v) is 7.37. The van der Waals surface area contributed by atoms with Gasteiger partial charge in [0.1, 0.15) is 0 Å². The van der Waals surface area contributed by atoms with E-state index in [1.807, 2.05) is 0 Å². The van der Waals surface area contributed by atoms with E-state index in [-0.39, 0.29) is 38.7 Å². The molecule has 1 saturated heterocycles. The summed E-state index contributed by atoms with van der Waals surface area (Å²) in [4.78, 5) is 12.4. The molecular weight excluding hydrogens is 354 g/mol. The fourth-order valence-corrected chi connectivity index (χ4v) is 2.58. The molecule has 1 fully saturated rings. The topological polar surface area (TPSA) is 64.4 Å². The number of alkyl halides is 6. The highest BCUT2D eigenvalue weighted by molar-refractivity contribution is 5.95. The van der Waals surface area contributed by atoms with Crippen LogP contribution in [-0.4, -0.2) is 25.7 Å². The molecule has 2 rings (SSSR count). The maximum absolute atomic E-state index is 12.9. The maximum atomic E-state index is 12.9. The van der Waals surface area contributed by atoms with Gasteiger partial charge in [-0.15, -0.1) is 0 Å². The number of carbonyl (C=O) groups excluding carboxylic acids is 1. The van der Waals surface area contributed by atoms with Gasteiger partial charge in [-0.05, 0) is 31.0 Å². The Morgan fingerprint density at radius 2 is 1.52 bits per heavy atom. The van der Waals surface area contributed by atoms with Gasteiger partial charge >= 0.3 is 12.4 Å². The number of amides is 1. The van der Waals surface area contributed by atoms with Crippen LogP contribution in [0.2, 0.25) is 0 Å². The minimum Gasteiger partial charge on any atom is -0.381 e. The quantitative estimate of drug-likeness (QED) is 0.802. The average Bonchev–Trinajstić information content (AvgIpc) is 2.53. The monoisotopic (exact) mass is 370 g/mol. The second kappa shape index (κ2) is 6.83. The Hall–Kier alpha value is -1.81. The van der Waals surface area contributed by atoms with Crippen molar-refractivity contribution in [3.8, 4) is 0 Å². The molecule has 0 bridgehead atoms. The molecule has 10 heteroatoms. The Morgan fingerprint density at radius 1 is 1.04 bits per heavy atom. The molecule has 1 aliphatic rings. The summed E-state index contributed by atoms with van der Waals surface area (Å²) in [7, 11) is 0. The van der Waals surface area contributed by atoms with Crippen LogP contribution in [0, 0.1) is 5.41 Å². The Kier molecular flexibility index (Phi) is 5.33. The van der Waals surface area contributed by atoms with Crippen LogP contribution in [0.15, 0.2) is 18.2 Å². The highest BCUT2D eigenvalue weighted by Gasteiger charge is 2.40.